The number of likely N-dealkylation sites (N-methyl/N-ethyl adjacent to an activating group) is 1. The molecule has 1 atom stereocenters. The summed E-state index contributed by atoms with van der Waals surface area (Å²) in [5.41, 5.74) is 4.88. The fourth-order valence-corrected chi connectivity index (χ4v) is 4.18. The molecule has 4 rings (SSSR count). The van der Waals surface area contributed by atoms with Gasteiger partial charge in [0.25, 0.3) is 5.91 Å². The van der Waals surface area contributed by atoms with Crippen molar-refractivity contribution in [2.24, 2.45) is 12.0 Å². The molecule has 1 aliphatic heterocycles. The molecule has 1 aliphatic rings. The van der Waals surface area contributed by atoms with E-state index in [1.165, 1.54) is 5.56 Å². The Morgan fingerprint density at radius 2 is 1.97 bits per heavy atom. The monoisotopic (exact) mass is 524 g/mol. The van der Waals surface area contributed by atoms with Crippen molar-refractivity contribution in [3.63, 3.8) is 0 Å². The van der Waals surface area contributed by atoms with E-state index in [1.807, 2.05) is 56.6 Å². The number of amides is 1. The number of rotatable bonds is 8. The SMILES string of the molecule is Cc1cc(C(=O)Nc2cccc(C(C)N[C-]=CN=c3cnn(C)[cH-]3)c2)ccc1CN1CCN(C)CC1.[K+]. The van der Waals surface area contributed by atoms with Crippen LogP contribution >= 0.6 is 0 Å². The summed E-state index contributed by atoms with van der Waals surface area (Å²) in [5.74, 6) is -0.108. The molecule has 0 saturated carbocycles. The van der Waals surface area contributed by atoms with Gasteiger partial charge in [-0.25, -0.2) is 0 Å². The van der Waals surface area contributed by atoms with E-state index in [-0.39, 0.29) is 63.3 Å². The molecule has 2 N–H and O–H groups in total. The Hall–Kier alpha value is -1.98. The molecule has 0 bridgehead atoms. The Balaban J connectivity index is 0.00000380. The Bertz CT molecular complexity index is 1270. The molecule has 37 heavy (non-hydrogen) atoms. The molecule has 190 valence electrons. The summed E-state index contributed by atoms with van der Waals surface area (Å²) in [6.45, 7) is 9.40. The van der Waals surface area contributed by atoms with Gasteiger partial charge in [0.1, 0.15) is 0 Å². The van der Waals surface area contributed by atoms with Crippen molar-refractivity contribution in [1.82, 2.24) is 24.9 Å². The summed E-state index contributed by atoms with van der Waals surface area (Å²) in [7, 11) is 4.02. The third-order valence-corrected chi connectivity index (χ3v) is 6.51. The van der Waals surface area contributed by atoms with Gasteiger partial charge in [-0.3, -0.25) is 14.8 Å². The summed E-state index contributed by atoms with van der Waals surface area (Å²) in [5, 5.41) is 11.1. The van der Waals surface area contributed by atoms with E-state index in [0.717, 1.165) is 54.9 Å². The van der Waals surface area contributed by atoms with Gasteiger partial charge in [0, 0.05) is 57.1 Å². The predicted molar refractivity (Wildman–Crippen MR) is 142 cm³/mol. The maximum atomic E-state index is 13.0. The van der Waals surface area contributed by atoms with Crippen LogP contribution < -0.4 is 67.4 Å². The number of carbonyl (C=O) groups is 1. The molecule has 9 heteroatoms. The van der Waals surface area contributed by atoms with Gasteiger partial charge in [0.05, 0.1) is 0 Å². The molecule has 2 heterocycles. The Kier molecular flexibility index (Phi) is 11.4. The zero-order chi connectivity index (χ0) is 25.5. The average molecular weight is 525 g/mol. The Labute approximate surface area is 262 Å². The standard InChI is InChI=1S/C28H35N7O.K/c1-21-16-24(8-9-25(21)19-35-14-12-33(3)13-15-35)28(36)32-26-7-5-6-23(17-26)22(2)29-10-11-30-27-18-31-34(4)20-27;/h5-9,11,16-18,20,22,29H,12-15,19H2,1-4H3,(H,32,36);/q-2;+1. The van der Waals surface area contributed by atoms with Gasteiger partial charge in [-0.05, 0) is 61.9 Å². The predicted octanol–water partition coefficient (Wildman–Crippen LogP) is -0.0230. The first-order valence-electron chi connectivity index (χ1n) is 12.3. The molecule has 1 aromatic heterocycles. The largest absolute Gasteiger partial charge is 1.00 e. The van der Waals surface area contributed by atoms with Crippen LogP contribution in [0.15, 0.2) is 66.1 Å². The zero-order valence-electron chi connectivity index (χ0n) is 22.5. The van der Waals surface area contributed by atoms with Crippen LogP contribution in [0.5, 0.6) is 0 Å². The van der Waals surface area contributed by atoms with Crippen LogP contribution in [-0.4, -0.2) is 58.7 Å². The Morgan fingerprint density at radius 3 is 2.68 bits per heavy atom. The number of hydrogen-bond donors (Lipinski definition) is 2. The van der Waals surface area contributed by atoms with Crippen molar-refractivity contribution in [3.05, 3.63) is 94.9 Å². The number of carbonyl (C=O) groups excluding carboxylic acids is 1. The van der Waals surface area contributed by atoms with Crippen molar-refractivity contribution in [1.29, 1.82) is 0 Å². The van der Waals surface area contributed by atoms with Crippen LogP contribution in [0.3, 0.4) is 0 Å². The summed E-state index contributed by atoms with van der Waals surface area (Å²) in [6.07, 6.45) is 8.11. The number of nitrogens with one attached hydrogen (secondary N) is 2. The molecule has 0 spiro atoms. The molecule has 0 aliphatic carbocycles. The first kappa shape index (κ1) is 29.6. The molecule has 0 radical (unpaired) electrons. The molecule has 2 aromatic carbocycles. The van der Waals surface area contributed by atoms with E-state index in [9.17, 15) is 4.79 Å². The van der Waals surface area contributed by atoms with Gasteiger partial charge in [-0.1, -0.05) is 36.0 Å². The molecule has 8 nitrogen and oxygen atoms in total. The molecule has 1 amide bonds. The van der Waals surface area contributed by atoms with Gasteiger partial charge >= 0.3 is 51.4 Å². The minimum Gasteiger partial charge on any atom is -0.560 e. The van der Waals surface area contributed by atoms with E-state index < -0.39 is 0 Å². The van der Waals surface area contributed by atoms with Crippen LogP contribution in [0.4, 0.5) is 5.69 Å². The molecule has 1 fully saturated rings. The van der Waals surface area contributed by atoms with E-state index in [4.69, 9.17) is 0 Å². The van der Waals surface area contributed by atoms with Crippen LogP contribution in [0.2, 0.25) is 0 Å². The molecular weight excluding hydrogens is 489 g/mol. The summed E-state index contributed by atoms with van der Waals surface area (Å²) in [4.78, 5) is 22.1. The van der Waals surface area contributed by atoms with E-state index in [2.05, 4.69) is 56.8 Å². The number of aryl methyl sites for hydroxylation is 2. The summed E-state index contributed by atoms with van der Waals surface area (Å²) >= 11 is 0. The second kappa shape index (κ2) is 14.2. The van der Waals surface area contributed by atoms with E-state index >= 15 is 0 Å². The van der Waals surface area contributed by atoms with Gasteiger partial charge < -0.3 is 31.4 Å². The minimum atomic E-state index is -0.108. The van der Waals surface area contributed by atoms with E-state index in [0.29, 0.717) is 5.56 Å². The quantitative estimate of drug-likeness (QED) is 0.246. The van der Waals surface area contributed by atoms with Crippen molar-refractivity contribution in [3.8, 4) is 0 Å². The van der Waals surface area contributed by atoms with Crippen LogP contribution in [0.25, 0.3) is 0 Å². The number of aromatic nitrogens is 2. The van der Waals surface area contributed by atoms with Crippen LogP contribution in [0, 0.1) is 13.1 Å². The number of piperazine rings is 1. The molecule has 3 aromatic rings. The van der Waals surface area contributed by atoms with Crippen molar-refractivity contribution in [2.75, 3.05) is 38.5 Å². The van der Waals surface area contributed by atoms with Gasteiger partial charge in [-0.2, -0.15) is 0 Å². The number of benzene rings is 2. The van der Waals surface area contributed by atoms with Crippen LogP contribution in [0.1, 0.15) is 40.0 Å². The topological polar surface area (TPSA) is 77.8 Å². The van der Waals surface area contributed by atoms with Crippen molar-refractivity contribution in [2.45, 2.75) is 26.4 Å². The summed E-state index contributed by atoms with van der Waals surface area (Å²) in [6, 6.07) is 13.8. The van der Waals surface area contributed by atoms with E-state index in [1.54, 1.807) is 17.1 Å². The molecular formula is C28H35KN7O-. The number of hydrogen-bond acceptors (Lipinski definition) is 6. The Morgan fingerprint density at radius 1 is 1.19 bits per heavy atom. The molecule has 1 saturated heterocycles. The summed E-state index contributed by atoms with van der Waals surface area (Å²) < 4.78 is 1.70. The minimum absolute atomic E-state index is 0. The maximum Gasteiger partial charge on any atom is 1.00 e. The second-order valence-corrected chi connectivity index (χ2v) is 9.44. The third kappa shape index (κ3) is 8.78. The fourth-order valence-electron chi connectivity index (χ4n) is 4.18. The van der Waals surface area contributed by atoms with Gasteiger partial charge in [-0.15, -0.1) is 6.20 Å². The van der Waals surface area contributed by atoms with Crippen molar-refractivity contribution >= 4 is 11.6 Å². The first-order chi connectivity index (χ1) is 17.4. The smallest absolute Gasteiger partial charge is 0.560 e. The average Bonchev–Trinajstić information content (AvgIpc) is 3.29. The maximum absolute atomic E-state index is 13.0. The van der Waals surface area contributed by atoms with Gasteiger partial charge in [0.2, 0.25) is 0 Å². The molecule has 1 unspecified atom stereocenters. The fraction of sp³-hybridized carbons (Fsp3) is 0.357. The second-order valence-electron chi connectivity index (χ2n) is 9.44. The zero-order valence-corrected chi connectivity index (χ0v) is 25.7. The van der Waals surface area contributed by atoms with Gasteiger partial charge in [0.15, 0.2) is 0 Å². The normalized spacial score (nSPS) is 15.9. The van der Waals surface area contributed by atoms with Crippen LogP contribution in [-0.2, 0) is 13.6 Å². The first-order valence-corrected chi connectivity index (χ1v) is 12.3. The third-order valence-electron chi connectivity index (χ3n) is 6.51. The van der Waals surface area contributed by atoms with Crippen molar-refractivity contribution < 1.29 is 56.2 Å². The number of nitrogens with zero attached hydrogens (tertiary/aromatic N) is 5. The number of anilines is 1.